The van der Waals surface area contributed by atoms with Crippen LogP contribution in [-0.2, 0) is 4.79 Å². The maximum atomic E-state index is 10.3. The molecule has 1 unspecified atom stereocenters. The number of hydrogen-bond donors (Lipinski definition) is 0. The first kappa shape index (κ1) is 6.41. The van der Waals surface area contributed by atoms with Crippen molar-refractivity contribution in [2.24, 2.45) is 5.92 Å². The largest absolute Gasteiger partial charge is 0.299 e. The number of Topliss-reactive ketones (excluding diaryl/α,β-unsaturated/α-hetero) is 1. The van der Waals surface area contributed by atoms with Gasteiger partial charge in [-0.3, -0.25) is 4.79 Å². The van der Waals surface area contributed by atoms with E-state index in [4.69, 9.17) is 0 Å². The zero-order valence-corrected chi connectivity index (χ0v) is 4.77. The highest BCUT2D eigenvalue weighted by molar-refractivity contribution is 5.79. The average molecular weight is 98.1 g/mol. The minimum Gasteiger partial charge on any atom is -0.299 e. The van der Waals surface area contributed by atoms with Crippen LogP contribution in [-0.4, -0.2) is 5.78 Å². The van der Waals surface area contributed by atoms with Crippen molar-refractivity contribution in [1.29, 1.82) is 0 Å². The Bertz CT molecular complexity index is 84.2. The van der Waals surface area contributed by atoms with Gasteiger partial charge in [-0.05, 0) is 6.92 Å². The predicted molar refractivity (Wildman–Crippen MR) is 30.0 cm³/mol. The number of allylic oxidation sites excluding steroid dienone is 1. The summed E-state index contributed by atoms with van der Waals surface area (Å²) in [4.78, 5) is 10.3. The Labute approximate surface area is 44.0 Å². The SMILES string of the molecule is C=CC(C)C(C)=O. The Kier molecular flexibility index (Phi) is 2.34. The second-order valence-electron chi connectivity index (χ2n) is 1.64. The summed E-state index contributed by atoms with van der Waals surface area (Å²) in [6.07, 6.45) is 1.64. The van der Waals surface area contributed by atoms with Crippen molar-refractivity contribution in [3.8, 4) is 0 Å². The van der Waals surface area contributed by atoms with E-state index in [1.165, 1.54) is 0 Å². The van der Waals surface area contributed by atoms with Crippen LogP contribution in [0.1, 0.15) is 13.8 Å². The number of rotatable bonds is 2. The van der Waals surface area contributed by atoms with Crippen LogP contribution in [0.15, 0.2) is 12.7 Å². The maximum Gasteiger partial charge on any atom is 0.136 e. The molecular formula is C6H10O. The van der Waals surface area contributed by atoms with Gasteiger partial charge in [0.2, 0.25) is 0 Å². The van der Waals surface area contributed by atoms with Crippen LogP contribution >= 0.6 is 0 Å². The van der Waals surface area contributed by atoms with Crippen molar-refractivity contribution in [2.45, 2.75) is 13.8 Å². The molecule has 7 heavy (non-hydrogen) atoms. The topological polar surface area (TPSA) is 17.1 Å². The smallest absolute Gasteiger partial charge is 0.136 e. The lowest BCUT2D eigenvalue weighted by atomic mass is 10.1. The Morgan fingerprint density at radius 2 is 2.29 bits per heavy atom. The molecule has 0 radical (unpaired) electrons. The van der Waals surface area contributed by atoms with Gasteiger partial charge in [0.1, 0.15) is 5.78 Å². The van der Waals surface area contributed by atoms with Gasteiger partial charge in [-0.15, -0.1) is 6.58 Å². The average Bonchev–Trinajstić information content (AvgIpc) is 1.65. The molecule has 0 aliphatic heterocycles. The van der Waals surface area contributed by atoms with Crippen LogP contribution in [0.25, 0.3) is 0 Å². The van der Waals surface area contributed by atoms with E-state index in [2.05, 4.69) is 6.58 Å². The molecule has 1 nitrogen and oxygen atoms in total. The van der Waals surface area contributed by atoms with Gasteiger partial charge in [0.05, 0.1) is 0 Å². The third-order valence-corrected chi connectivity index (χ3v) is 0.995. The van der Waals surface area contributed by atoms with Crippen molar-refractivity contribution >= 4 is 5.78 Å². The van der Waals surface area contributed by atoms with E-state index in [-0.39, 0.29) is 11.7 Å². The van der Waals surface area contributed by atoms with E-state index in [9.17, 15) is 4.79 Å². The lowest BCUT2D eigenvalue weighted by Gasteiger charge is -1.93. The lowest BCUT2D eigenvalue weighted by molar-refractivity contribution is -0.118. The molecule has 40 valence electrons. The molecule has 0 fully saturated rings. The molecule has 0 aliphatic rings. The second kappa shape index (κ2) is 2.56. The van der Waals surface area contributed by atoms with Crippen molar-refractivity contribution in [3.05, 3.63) is 12.7 Å². The summed E-state index contributed by atoms with van der Waals surface area (Å²) in [6, 6.07) is 0. The minimum absolute atomic E-state index is 0.0278. The van der Waals surface area contributed by atoms with E-state index in [1.54, 1.807) is 13.0 Å². The molecule has 0 aromatic heterocycles. The number of carbonyl (C=O) groups excluding carboxylic acids is 1. The summed E-state index contributed by atoms with van der Waals surface area (Å²) < 4.78 is 0. The molecule has 0 N–H and O–H groups in total. The summed E-state index contributed by atoms with van der Waals surface area (Å²) in [5.41, 5.74) is 0. The molecule has 0 aromatic carbocycles. The second-order valence-corrected chi connectivity index (χ2v) is 1.64. The first-order valence-electron chi connectivity index (χ1n) is 2.31. The van der Waals surface area contributed by atoms with Gasteiger partial charge in [0, 0.05) is 5.92 Å². The van der Waals surface area contributed by atoms with Gasteiger partial charge >= 0.3 is 0 Å². The van der Waals surface area contributed by atoms with Gasteiger partial charge in [0.25, 0.3) is 0 Å². The molecule has 0 amide bonds. The Balaban J connectivity index is 3.55. The Morgan fingerprint density at radius 1 is 1.86 bits per heavy atom. The molecule has 0 bridgehead atoms. The van der Waals surface area contributed by atoms with Crippen molar-refractivity contribution in [3.63, 3.8) is 0 Å². The highest BCUT2D eigenvalue weighted by atomic mass is 16.1. The van der Waals surface area contributed by atoms with Crippen LogP contribution in [0.2, 0.25) is 0 Å². The van der Waals surface area contributed by atoms with E-state index >= 15 is 0 Å². The first-order chi connectivity index (χ1) is 3.18. The molecule has 0 heterocycles. The minimum atomic E-state index is 0.0278. The van der Waals surface area contributed by atoms with Crippen molar-refractivity contribution < 1.29 is 4.79 Å². The zero-order valence-electron chi connectivity index (χ0n) is 4.77. The molecule has 0 aromatic rings. The molecular weight excluding hydrogens is 88.1 g/mol. The maximum absolute atomic E-state index is 10.3. The zero-order chi connectivity index (χ0) is 5.86. The van der Waals surface area contributed by atoms with Gasteiger partial charge < -0.3 is 0 Å². The molecule has 1 atom stereocenters. The quantitative estimate of drug-likeness (QED) is 0.477. The molecule has 0 aliphatic carbocycles. The molecule has 0 spiro atoms. The van der Waals surface area contributed by atoms with Gasteiger partial charge in [-0.2, -0.15) is 0 Å². The highest BCUT2D eigenvalue weighted by Crippen LogP contribution is 1.94. The fourth-order valence-corrected chi connectivity index (χ4v) is 0.166. The van der Waals surface area contributed by atoms with Crippen molar-refractivity contribution in [2.75, 3.05) is 0 Å². The normalized spacial score (nSPS) is 12.9. The van der Waals surface area contributed by atoms with E-state index in [0.29, 0.717) is 0 Å². The summed E-state index contributed by atoms with van der Waals surface area (Å²) in [6.45, 7) is 6.85. The Hall–Kier alpha value is -0.590. The molecule has 0 rings (SSSR count). The summed E-state index contributed by atoms with van der Waals surface area (Å²) in [5.74, 6) is 0.204. The van der Waals surface area contributed by atoms with Crippen LogP contribution in [0.3, 0.4) is 0 Å². The third kappa shape index (κ3) is 2.15. The number of hydrogen-bond acceptors (Lipinski definition) is 1. The monoisotopic (exact) mass is 98.1 g/mol. The molecule has 0 saturated heterocycles. The summed E-state index contributed by atoms with van der Waals surface area (Å²) in [7, 11) is 0. The highest BCUT2D eigenvalue weighted by Gasteiger charge is 1.98. The van der Waals surface area contributed by atoms with Crippen LogP contribution < -0.4 is 0 Å². The van der Waals surface area contributed by atoms with Gasteiger partial charge in [-0.25, -0.2) is 0 Å². The standard InChI is InChI=1S/C6H10O/c1-4-5(2)6(3)7/h4-5H,1H2,2-3H3. The van der Waals surface area contributed by atoms with Crippen molar-refractivity contribution in [1.82, 2.24) is 0 Å². The van der Waals surface area contributed by atoms with Gasteiger partial charge in [0.15, 0.2) is 0 Å². The van der Waals surface area contributed by atoms with Crippen LogP contribution in [0, 0.1) is 5.92 Å². The van der Waals surface area contributed by atoms with E-state index < -0.39 is 0 Å². The fraction of sp³-hybridized carbons (Fsp3) is 0.500. The predicted octanol–water partition coefficient (Wildman–Crippen LogP) is 1.40. The fourth-order valence-electron chi connectivity index (χ4n) is 0.166. The first-order valence-corrected chi connectivity index (χ1v) is 2.31. The number of carbonyl (C=O) groups is 1. The van der Waals surface area contributed by atoms with E-state index in [0.717, 1.165) is 0 Å². The van der Waals surface area contributed by atoms with Gasteiger partial charge in [-0.1, -0.05) is 13.0 Å². The molecule has 1 heteroatoms. The summed E-state index contributed by atoms with van der Waals surface area (Å²) in [5, 5.41) is 0. The third-order valence-electron chi connectivity index (χ3n) is 0.995. The van der Waals surface area contributed by atoms with E-state index in [1.807, 2.05) is 6.92 Å². The van der Waals surface area contributed by atoms with Crippen LogP contribution in [0.4, 0.5) is 0 Å². The number of ketones is 1. The Morgan fingerprint density at radius 3 is 2.29 bits per heavy atom. The summed E-state index contributed by atoms with van der Waals surface area (Å²) >= 11 is 0. The lowest BCUT2D eigenvalue weighted by Crippen LogP contribution is -2.00. The van der Waals surface area contributed by atoms with Crippen LogP contribution in [0.5, 0.6) is 0 Å². The molecule has 0 saturated carbocycles.